The largest absolute Gasteiger partial charge is 0.486 e. The van der Waals surface area contributed by atoms with Gasteiger partial charge in [0.2, 0.25) is 5.76 Å². The molecule has 1 aromatic heterocycles. The molecule has 126 valence electrons. The highest BCUT2D eigenvalue weighted by atomic mass is 16.6. The van der Waals surface area contributed by atoms with Gasteiger partial charge in [0.1, 0.15) is 13.2 Å². The van der Waals surface area contributed by atoms with Gasteiger partial charge in [-0.2, -0.15) is 0 Å². The zero-order chi connectivity index (χ0) is 17.1. The van der Waals surface area contributed by atoms with Gasteiger partial charge in [0, 0.05) is 11.8 Å². The fraction of sp³-hybridized carbons (Fsp3) is 0.158. The van der Waals surface area contributed by atoms with Crippen molar-refractivity contribution < 1.29 is 18.8 Å². The molecular formula is C19H16N2O4. The standard InChI is InChI=1S/C19H16N2O4/c22-19(17-8-9-20-25-17)21(15-4-2-1-3-5-15)13-14-6-7-16-18(12-14)24-11-10-23-16/h1-9,12H,10-11,13H2. The molecular weight excluding hydrogens is 320 g/mol. The molecule has 0 spiro atoms. The maximum Gasteiger partial charge on any atom is 0.297 e. The number of ether oxygens (including phenoxy) is 2. The van der Waals surface area contributed by atoms with E-state index in [2.05, 4.69) is 5.16 Å². The SMILES string of the molecule is O=C(c1ccno1)N(Cc1ccc2c(c1)OCCO2)c1ccccc1. The number of aromatic nitrogens is 1. The Labute approximate surface area is 144 Å². The van der Waals surface area contributed by atoms with Crippen LogP contribution in [0.5, 0.6) is 11.5 Å². The number of rotatable bonds is 4. The summed E-state index contributed by atoms with van der Waals surface area (Å²) in [7, 11) is 0. The number of carbonyl (C=O) groups is 1. The van der Waals surface area contributed by atoms with E-state index in [0.29, 0.717) is 25.5 Å². The van der Waals surface area contributed by atoms with E-state index in [1.807, 2.05) is 48.5 Å². The molecule has 0 unspecified atom stereocenters. The van der Waals surface area contributed by atoms with Crippen LogP contribution in [-0.2, 0) is 6.54 Å². The molecule has 2 heterocycles. The summed E-state index contributed by atoms with van der Waals surface area (Å²) >= 11 is 0. The van der Waals surface area contributed by atoms with Gasteiger partial charge >= 0.3 is 0 Å². The molecule has 4 rings (SSSR count). The van der Waals surface area contributed by atoms with Crippen LogP contribution in [0.2, 0.25) is 0 Å². The Morgan fingerprint density at radius 1 is 1.00 bits per heavy atom. The molecule has 0 radical (unpaired) electrons. The molecule has 3 aromatic rings. The second-order valence-electron chi connectivity index (χ2n) is 5.58. The van der Waals surface area contributed by atoms with Crippen molar-refractivity contribution in [2.24, 2.45) is 0 Å². The van der Waals surface area contributed by atoms with Crippen LogP contribution in [0.4, 0.5) is 5.69 Å². The number of amides is 1. The van der Waals surface area contributed by atoms with Gasteiger partial charge in [-0.1, -0.05) is 29.4 Å². The maximum absolute atomic E-state index is 12.8. The Balaban J connectivity index is 1.66. The molecule has 0 fully saturated rings. The number of nitrogens with zero attached hydrogens (tertiary/aromatic N) is 2. The molecule has 1 aliphatic heterocycles. The van der Waals surface area contributed by atoms with Crippen molar-refractivity contribution in [3.05, 3.63) is 72.1 Å². The average Bonchev–Trinajstić information content (AvgIpc) is 3.21. The molecule has 0 saturated carbocycles. The fourth-order valence-corrected chi connectivity index (χ4v) is 2.72. The number of hydrogen-bond donors (Lipinski definition) is 0. The van der Waals surface area contributed by atoms with Crippen molar-refractivity contribution in [3.63, 3.8) is 0 Å². The van der Waals surface area contributed by atoms with Gasteiger partial charge in [0.15, 0.2) is 11.5 Å². The molecule has 0 atom stereocenters. The first-order valence-corrected chi connectivity index (χ1v) is 7.97. The minimum Gasteiger partial charge on any atom is -0.486 e. The molecule has 0 N–H and O–H groups in total. The predicted octanol–water partition coefficient (Wildman–Crippen LogP) is 3.29. The highest BCUT2D eigenvalue weighted by Crippen LogP contribution is 2.31. The Morgan fingerprint density at radius 3 is 2.56 bits per heavy atom. The van der Waals surface area contributed by atoms with Gasteiger partial charge in [-0.3, -0.25) is 4.79 Å². The summed E-state index contributed by atoms with van der Waals surface area (Å²) in [6.07, 6.45) is 1.46. The Morgan fingerprint density at radius 2 is 1.80 bits per heavy atom. The monoisotopic (exact) mass is 336 g/mol. The summed E-state index contributed by atoms with van der Waals surface area (Å²) in [4.78, 5) is 14.5. The van der Waals surface area contributed by atoms with Gasteiger partial charge in [-0.15, -0.1) is 0 Å². The molecule has 1 amide bonds. The summed E-state index contributed by atoms with van der Waals surface area (Å²) in [6, 6.07) is 16.7. The lowest BCUT2D eigenvalue weighted by Gasteiger charge is -2.23. The lowest BCUT2D eigenvalue weighted by Crippen LogP contribution is -2.30. The highest BCUT2D eigenvalue weighted by molar-refractivity contribution is 6.03. The van der Waals surface area contributed by atoms with E-state index in [9.17, 15) is 4.79 Å². The normalized spacial score (nSPS) is 12.6. The first-order valence-electron chi connectivity index (χ1n) is 7.97. The molecule has 2 aromatic carbocycles. The van der Waals surface area contributed by atoms with Crippen LogP contribution in [0.15, 0.2) is 65.3 Å². The van der Waals surface area contributed by atoms with Crippen LogP contribution in [0.1, 0.15) is 16.1 Å². The van der Waals surface area contributed by atoms with Crippen LogP contribution >= 0.6 is 0 Å². The van der Waals surface area contributed by atoms with Crippen molar-refractivity contribution in [3.8, 4) is 11.5 Å². The summed E-state index contributed by atoms with van der Waals surface area (Å²) in [5, 5.41) is 3.62. The van der Waals surface area contributed by atoms with Crippen LogP contribution in [-0.4, -0.2) is 24.3 Å². The van der Waals surface area contributed by atoms with Crippen LogP contribution in [0.3, 0.4) is 0 Å². The number of carbonyl (C=O) groups excluding carboxylic acids is 1. The fourth-order valence-electron chi connectivity index (χ4n) is 2.72. The number of benzene rings is 2. The summed E-state index contributed by atoms with van der Waals surface area (Å²) in [6.45, 7) is 1.45. The van der Waals surface area contributed by atoms with E-state index >= 15 is 0 Å². The van der Waals surface area contributed by atoms with Crippen molar-refractivity contribution >= 4 is 11.6 Å². The summed E-state index contributed by atoms with van der Waals surface area (Å²) in [5.74, 6) is 1.37. The topological polar surface area (TPSA) is 64.8 Å². The third kappa shape index (κ3) is 3.19. The van der Waals surface area contributed by atoms with Gasteiger partial charge in [-0.05, 0) is 29.8 Å². The predicted molar refractivity (Wildman–Crippen MR) is 90.9 cm³/mol. The van der Waals surface area contributed by atoms with Crippen LogP contribution in [0, 0.1) is 0 Å². The second-order valence-corrected chi connectivity index (χ2v) is 5.58. The van der Waals surface area contributed by atoms with Gasteiger partial charge in [-0.25, -0.2) is 0 Å². The first kappa shape index (κ1) is 15.3. The quantitative estimate of drug-likeness (QED) is 0.731. The number of fused-ring (bicyclic) bond motifs is 1. The average molecular weight is 336 g/mol. The third-order valence-corrected chi connectivity index (χ3v) is 3.91. The molecule has 1 aliphatic rings. The number of anilines is 1. The van der Waals surface area contributed by atoms with Crippen LogP contribution < -0.4 is 14.4 Å². The van der Waals surface area contributed by atoms with Crippen molar-refractivity contribution in [1.29, 1.82) is 0 Å². The zero-order valence-electron chi connectivity index (χ0n) is 13.4. The third-order valence-electron chi connectivity index (χ3n) is 3.91. The Hall–Kier alpha value is -3.28. The van der Waals surface area contributed by atoms with E-state index in [0.717, 1.165) is 17.0 Å². The summed E-state index contributed by atoms with van der Waals surface area (Å²) in [5.41, 5.74) is 1.71. The van der Waals surface area contributed by atoms with E-state index < -0.39 is 0 Å². The molecule has 0 aliphatic carbocycles. The van der Waals surface area contributed by atoms with E-state index in [1.165, 1.54) is 6.20 Å². The zero-order valence-corrected chi connectivity index (χ0v) is 13.4. The first-order chi connectivity index (χ1) is 12.3. The lowest BCUT2D eigenvalue weighted by atomic mass is 10.1. The molecule has 0 saturated heterocycles. The number of hydrogen-bond acceptors (Lipinski definition) is 5. The van der Waals surface area contributed by atoms with Crippen molar-refractivity contribution in [2.75, 3.05) is 18.1 Å². The smallest absolute Gasteiger partial charge is 0.297 e. The van der Waals surface area contributed by atoms with Crippen molar-refractivity contribution in [2.45, 2.75) is 6.54 Å². The van der Waals surface area contributed by atoms with Crippen molar-refractivity contribution in [1.82, 2.24) is 5.16 Å². The van der Waals surface area contributed by atoms with Gasteiger partial charge in [0.25, 0.3) is 5.91 Å². The van der Waals surface area contributed by atoms with Crippen LogP contribution in [0.25, 0.3) is 0 Å². The molecule has 6 nitrogen and oxygen atoms in total. The molecule has 6 heteroatoms. The van der Waals surface area contributed by atoms with E-state index in [-0.39, 0.29) is 11.7 Å². The number of para-hydroxylation sites is 1. The second kappa shape index (κ2) is 6.68. The Kier molecular flexibility index (Phi) is 4.08. The summed E-state index contributed by atoms with van der Waals surface area (Å²) < 4.78 is 16.2. The van der Waals surface area contributed by atoms with E-state index in [1.54, 1.807) is 11.0 Å². The Bertz CT molecular complexity index is 862. The minimum atomic E-state index is -0.251. The maximum atomic E-state index is 12.8. The van der Waals surface area contributed by atoms with E-state index in [4.69, 9.17) is 14.0 Å². The highest BCUT2D eigenvalue weighted by Gasteiger charge is 2.22. The molecule has 0 bridgehead atoms. The molecule has 25 heavy (non-hydrogen) atoms. The minimum absolute atomic E-state index is 0.196. The van der Waals surface area contributed by atoms with Gasteiger partial charge < -0.3 is 18.9 Å². The lowest BCUT2D eigenvalue weighted by molar-refractivity contribution is 0.0949. The van der Waals surface area contributed by atoms with Gasteiger partial charge in [0.05, 0.1) is 12.7 Å².